The van der Waals surface area contributed by atoms with Crippen molar-refractivity contribution in [3.8, 4) is 0 Å². The molecule has 2 rings (SSSR count). The largest absolute Gasteiger partial charge is 0.392 e. The summed E-state index contributed by atoms with van der Waals surface area (Å²) in [6.07, 6.45) is 1.99. The third-order valence-electron chi connectivity index (χ3n) is 2.79. The van der Waals surface area contributed by atoms with Crippen LogP contribution in [0.25, 0.3) is 0 Å². The average molecular weight is 209 g/mol. The minimum atomic E-state index is -0.267. The molecule has 1 aliphatic carbocycles. The highest BCUT2D eigenvalue weighted by atomic mass is 19.1. The van der Waals surface area contributed by atoms with Crippen LogP contribution in [-0.4, -0.2) is 17.8 Å². The fourth-order valence-corrected chi connectivity index (χ4v) is 1.64. The van der Waals surface area contributed by atoms with E-state index in [0.717, 1.165) is 12.8 Å². The lowest BCUT2D eigenvalue weighted by atomic mass is 10.2. The topological polar surface area (TPSA) is 32.3 Å². The number of halogens is 1. The first-order valence-electron chi connectivity index (χ1n) is 5.39. The van der Waals surface area contributed by atoms with Crippen LogP contribution in [0.3, 0.4) is 0 Å². The molecule has 0 aromatic heterocycles. The summed E-state index contributed by atoms with van der Waals surface area (Å²) in [7, 11) is 0. The normalized spacial score (nSPS) is 17.7. The van der Waals surface area contributed by atoms with Crippen LogP contribution < -0.4 is 5.32 Å². The van der Waals surface area contributed by atoms with Gasteiger partial charge in [-0.2, -0.15) is 0 Å². The number of nitrogens with one attached hydrogen (secondary N) is 1. The predicted octanol–water partition coefficient (Wildman–Crippen LogP) is 1.69. The van der Waals surface area contributed by atoms with Gasteiger partial charge in [0.25, 0.3) is 0 Å². The van der Waals surface area contributed by atoms with Crippen LogP contribution in [0.2, 0.25) is 0 Å². The van der Waals surface area contributed by atoms with Gasteiger partial charge in [0.1, 0.15) is 5.82 Å². The van der Waals surface area contributed by atoms with Crippen molar-refractivity contribution in [2.45, 2.75) is 25.5 Å². The van der Waals surface area contributed by atoms with Crippen molar-refractivity contribution >= 4 is 0 Å². The van der Waals surface area contributed by atoms with Gasteiger partial charge in [0.2, 0.25) is 0 Å². The SMILES string of the molecule is OC(CNCc1ccccc1F)C1CC1. The van der Waals surface area contributed by atoms with Crippen molar-refractivity contribution in [1.29, 1.82) is 0 Å². The van der Waals surface area contributed by atoms with Crippen molar-refractivity contribution in [2.24, 2.45) is 5.92 Å². The molecule has 15 heavy (non-hydrogen) atoms. The van der Waals surface area contributed by atoms with Gasteiger partial charge in [0.05, 0.1) is 6.10 Å². The van der Waals surface area contributed by atoms with Crippen molar-refractivity contribution in [2.75, 3.05) is 6.54 Å². The third-order valence-corrected chi connectivity index (χ3v) is 2.79. The average Bonchev–Trinajstić information content (AvgIpc) is 3.04. The minimum absolute atomic E-state index is 0.189. The monoisotopic (exact) mass is 209 g/mol. The minimum Gasteiger partial charge on any atom is -0.392 e. The number of benzene rings is 1. The Hall–Kier alpha value is -0.930. The first-order valence-corrected chi connectivity index (χ1v) is 5.39. The van der Waals surface area contributed by atoms with Gasteiger partial charge in [-0.1, -0.05) is 18.2 Å². The maximum absolute atomic E-state index is 13.2. The predicted molar refractivity (Wildman–Crippen MR) is 56.8 cm³/mol. The lowest BCUT2D eigenvalue weighted by Gasteiger charge is -2.10. The Morgan fingerprint density at radius 3 is 2.80 bits per heavy atom. The van der Waals surface area contributed by atoms with E-state index >= 15 is 0 Å². The van der Waals surface area contributed by atoms with E-state index < -0.39 is 0 Å². The van der Waals surface area contributed by atoms with E-state index in [2.05, 4.69) is 5.32 Å². The Morgan fingerprint density at radius 1 is 1.40 bits per heavy atom. The molecule has 0 amide bonds. The highest BCUT2D eigenvalue weighted by molar-refractivity contribution is 5.16. The van der Waals surface area contributed by atoms with E-state index in [4.69, 9.17) is 0 Å². The molecule has 2 N–H and O–H groups in total. The molecular formula is C12H16FNO. The maximum Gasteiger partial charge on any atom is 0.127 e. The van der Waals surface area contributed by atoms with E-state index in [0.29, 0.717) is 24.6 Å². The number of aliphatic hydroxyl groups excluding tert-OH is 1. The van der Waals surface area contributed by atoms with Gasteiger partial charge in [0.15, 0.2) is 0 Å². The molecule has 0 aliphatic heterocycles. The molecule has 1 unspecified atom stereocenters. The quantitative estimate of drug-likeness (QED) is 0.773. The van der Waals surface area contributed by atoms with Gasteiger partial charge in [0, 0.05) is 18.7 Å². The Kier molecular flexibility index (Phi) is 3.34. The first-order chi connectivity index (χ1) is 7.27. The van der Waals surface area contributed by atoms with Crippen molar-refractivity contribution in [3.63, 3.8) is 0 Å². The van der Waals surface area contributed by atoms with E-state index in [1.807, 2.05) is 6.07 Å². The fourth-order valence-electron chi connectivity index (χ4n) is 1.64. The standard InChI is InChI=1S/C12H16FNO/c13-11-4-2-1-3-10(11)7-14-8-12(15)9-5-6-9/h1-4,9,12,14-15H,5-8H2. The van der Waals surface area contributed by atoms with Gasteiger partial charge in [-0.05, 0) is 24.8 Å². The van der Waals surface area contributed by atoms with Gasteiger partial charge < -0.3 is 10.4 Å². The van der Waals surface area contributed by atoms with Crippen LogP contribution in [0.1, 0.15) is 18.4 Å². The molecule has 0 heterocycles. The summed E-state index contributed by atoms with van der Waals surface area (Å²) in [6, 6.07) is 6.70. The second-order valence-corrected chi connectivity index (χ2v) is 4.13. The van der Waals surface area contributed by atoms with Gasteiger partial charge in [-0.3, -0.25) is 0 Å². The fraction of sp³-hybridized carbons (Fsp3) is 0.500. The zero-order valence-electron chi connectivity index (χ0n) is 8.62. The molecule has 1 aromatic carbocycles. The van der Waals surface area contributed by atoms with Crippen molar-refractivity contribution in [3.05, 3.63) is 35.6 Å². The van der Waals surface area contributed by atoms with E-state index in [-0.39, 0.29) is 11.9 Å². The van der Waals surface area contributed by atoms with Crippen LogP contribution in [-0.2, 0) is 6.54 Å². The lowest BCUT2D eigenvalue weighted by Crippen LogP contribution is -2.28. The summed E-state index contributed by atoms with van der Waals surface area (Å²) in [5.74, 6) is 0.282. The molecule has 1 aromatic rings. The van der Waals surface area contributed by atoms with Gasteiger partial charge >= 0.3 is 0 Å². The second kappa shape index (κ2) is 4.73. The molecule has 0 bridgehead atoms. The van der Waals surface area contributed by atoms with Crippen LogP contribution in [0.5, 0.6) is 0 Å². The van der Waals surface area contributed by atoms with E-state index in [1.165, 1.54) is 6.07 Å². The van der Waals surface area contributed by atoms with Crippen molar-refractivity contribution in [1.82, 2.24) is 5.32 Å². The zero-order valence-corrected chi connectivity index (χ0v) is 8.62. The summed E-state index contributed by atoms with van der Waals surface area (Å²) in [4.78, 5) is 0. The Balaban J connectivity index is 1.75. The van der Waals surface area contributed by atoms with Crippen LogP contribution in [0.4, 0.5) is 4.39 Å². The van der Waals surface area contributed by atoms with Crippen LogP contribution in [0, 0.1) is 11.7 Å². The van der Waals surface area contributed by atoms with E-state index in [1.54, 1.807) is 12.1 Å². The summed E-state index contributed by atoms with van der Waals surface area (Å²) in [5.41, 5.74) is 0.653. The molecule has 1 aliphatic rings. The molecule has 0 radical (unpaired) electrons. The van der Waals surface area contributed by atoms with Gasteiger partial charge in [-0.25, -0.2) is 4.39 Å². The van der Waals surface area contributed by atoms with Crippen molar-refractivity contribution < 1.29 is 9.50 Å². The molecule has 1 fully saturated rings. The van der Waals surface area contributed by atoms with Gasteiger partial charge in [-0.15, -0.1) is 0 Å². The molecular weight excluding hydrogens is 193 g/mol. The smallest absolute Gasteiger partial charge is 0.127 e. The summed E-state index contributed by atoms with van der Waals surface area (Å²) < 4.78 is 13.2. The number of aliphatic hydroxyl groups is 1. The molecule has 1 atom stereocenters. The highest BCUT2D eigenvalue weighted by Gasteiger charge is 2.29. The molecule has 82 valence electrons. The molecule has 3 heteroatoms. The molecule has 1 saturated carbocycles. The maximum atomic E-state index is 13.2. The first kappa shape index (κ1) is 10.6. The Labute approximate surface area is 89.1 Å². The Bertz CT molecular complexity index is 325. The molecule has 0 spiro atoms. The lowest BCUT2D eigenvalue weighted by molar-refractivity contribution is 0.148. The third kappa shape index (κ3) is 3.01. The highest BCUT2D eigenvalue weighted by Crippen LogP contribution is 2.32. The summed E-state index contributed by atoms with van der Waals surface area (Å²) in [5, 5.41) is 12.7. The Morgan fingerprint density at radius 2 is 2.13 bits per heavy atom. The van der Waals surface area contributed by atoms with Crippen LogP contribution in [0.15, 0.2) is 24.3 Å². The molecule has 0 saturated heterocycles. The van der Waals surface area contributed by atoms with E-state index in [9.17, 15) is 9.50 Å². The molecule has 2 nitrogen and oxygen atoms in total. The zero-order chi connectivity index (χ0) is 10.7. The summed E-state index contributed by atoms with van der Waals surface area (Å²) in [6.45, 7) is 1.04. The van der Waals surface area contributed by atoms with Crippen LogP contribution >= 0.6 is 0 Å². The number of hydrogen-bond donors (Lipinski definition) is 2. The number of hydrogen-bond acceptors (Lipinski definition) is 2. The summed E-state index contributed by atoms with van der Waals surface area (Å²) >= 11 is 0. The second-order valence-electron chi connectivity index (χ2n) is 4.13. The number of rotatable bonds is 5.